The second kappa shape index (κ2) is 8.00. The molecule has 6 nitrogen and oxygen atoms in total. The molecule has 2 amide bonds. The Morgan fingerprint density at radius 3 is 2.40 bits per heavy atom. The van der Waals surface area contributed by atoms with Gasteiger partial charge in [-0.15, -0.1) is 0 Å². The number of nitrogens with one attached hydrogen (secondary N) is 1. The Hall–Kier alpha value is -3.64. The minimum Gasteiger partial charge on any atom is -0.380 e. The number of hydrogen-bond donors (Lipinski definition) is 2. The van der Waals surface area contributed by atoms with E-state index in [2.05, 4.69) is 16.0 Å². The van der Waals surface area contributed by atoms with E-state index in [4.69, 9.17) is 10.5 Å². The van der Waals surface area contributed by atoms with Crippen LogP contribution in [0.25, 0.3) is 21.8 Å². The Bertz CT molecular complexity index is 1260. The van der Waals surface area contributed by atoms with E-state index < -0.39 is 5.91 Å². The first-order chi connectivity index (χ1) is 14.5. The van der Waals surface area contributed by atoms with Crippen molar-refractivity contribution in [2.24, 2.45) is 5.73 Å². The molecule has 3 N–H and O–H groups in total. The van der Waals surface area contributed by atoms with Crippen molar-refractivity contribution in [1.29, 1.82) is 0 Å². The molecule has 0 aliphatic rings. The summed E-state index contributed by atoms with van der Waals surface area (Å²) in [4.78, 5) is 23.3. The van der Waals surface area contributed by atoms with Gasteiger partial charge in [0.25, 0.3) is 0 Å². The first kappa shape index (κ1) is 19.7. The zero-order chi connectivity index (χ0) is 21.3. The highest BCUT2D eigenvalue weighted by Crippen LogP contribution is 2.33. The number of rotatable bonds is 6. The number of carbonyl (C=O) groups excluding carboxylic acids is 2. The van der Waals surface area contributed by atoms with Gasteiger partial charge in [-0.3, -0.25) is 9.59 Å². The van der Waals surface area contributed by atoms with Crippen molar-refractivity contribution in [3.63, 3.8) is 0 Å². The zero-order valence-corrected chi connectivity index (χ0v) is 16.9. The monoisotopic (exact) mass is 401 g/mol. The number of fused-ring (bicyclic) bond motifs is 3. The number of anilines is 1. The third-order valence-corrected chi connectivity index (χ3v) is 5.15. The van der Waals surface area contributed by atoms with Crippen molar-refractivity contribution in [2.45, 2.75) is 20.1 Å². The molecule has 1 heterocycles. The maximum Gasteiger partial charge on any atom is 0.249 e. The van der Waals surface area contributed by atoms with Crippen LogP contribution in [0.3, 0.4) is 0 Å². The summed E-state index contributed by atoms with van der Waals surface area (Å²) >= 11 is 0. The summed E-state index contributed by atoms with van der Waals surface area (Å²) in [5.74, 6) is -0.546. The van der Waals surface area contributed by atoms with E-state index >= 15 is 0 Å². The van der Waals surface area contributed by atoms with Gasteiger partial charge in [-0.2, -0.15) is 0 Å². The Morgan fingerprint density at radius 1 is 1.00 bits per heavy atom. The maximum absolute atomic E-state index is 12.1. The van der Waals surface area contributed by atoms with Gasteiger partial charge in [-0.1, -0.05) is 30.3 Å². The van der Waals surface area contributed by atoms with Crippen molar-refractivity contribution in [1.82, 2.24) is 4.57 Å². The Kier molecular flexibility index (Phi) is 5.25. The SMILES string of the molecule is COCc1ccc2c3c(C(N)=O)cccc3n(Cc3ccc(NC(C)=O)cc3)c2c1. The summed E-state index contributed by atoms with van der Waals surface area (Å²) in [5, 5.41) is 4.62. The molecule has 0 bridgehead atoms. The predicted molar refractivity (Wildman–Crippen MR) is 119 cm³/mol. The standard InChI is InChI=1S/C24H23N3O3/c1-15(28)26-18-9-6-16(7-10-18)13-27-21-5-3-4-20(24(25)29)23(21)19-11-8-17(14-30-2)12-22(19)27/h3-12H,13-14H2,1-2H3,(H2,25,29)(H,26,28). The second-order valence-electron chi connectivity index (χ2n) is 7.31. The van der Waals surface area contributed by atoms with Crippen molar-refractivity contribution < 1.29 is 14.3 Å². The average molecular weight is 401 g/mol. The van der Waals surface area contributed by atoms with Crippen LogP contribution in [0, 0.1) is 0 Å². The number of aromatic nitrogens is 1. The number of methoxy groups -OCH3 is 1. The van der Waals surface area contributed by atoms with Crippen LogP contribution in [-0.4, -0.2) is 23.5 Å². The van der Waals surface area contributed by atoms with Crippen LogP contribution in [0.1, 0.15) is 28.4 Å². The van der Waals surface area contributed by atoms with Gasteiger partial charge in [0.1, 0.15) is 0 Å². The molecule has 0 spiro atoms. The molecule has 1 aromatic heterocycles. The molecule has 0 unspecified atom stereocenters. The summed E-state index contributed by atoms with van der Waals surface area (Å²) < 4.78 is 7.48. The van der Waals surface area contributed by atoms with Gasteiger partial charge in [0, 0.05) is 48.1 Å². The Morgan fingerprint density at radius 2 is 1.73 bits per heavy atom. The van der Waals surface area contributed by atoms with Crippen LogP contribution in [0.4, 0.5) is 5.69 Å². The summed E-state index contributed by atoms with van der Waals surface area (Å²) in [6, 6.07) is 19.5. The number of nitrogens with two attached hydrogens (primary N) is 1. The zero-order valence-electron chi connectivity index (χ0n) is 16.9. The fraction of sp³-hybridized carbons (Fsp3) is 0.167. The highest BCUT2D eigenvalue weighted by molar-refractivity contribution is 6.18. The molecule has 152 valence electrons. The largest absolute Gasteiger partial charge is 0.380 e. The lowest BCUT2D eigenvalue weighted by Crippen LogP contribution is -2.11. The lowest BCUT2D eigenvalue weighted by atomic mass is 10.0. The van der Waals surface area contributed by atoms with Gasteiger partial charge in [0.2, 0.25) is 11.8 Å². The van der Waals surface area contributed by atoms with Crippen molar-refractivity contribution >= 4 is 39.3 Å². The Labute approximate surface area is 174 Å². The van der Waals surface area contributed by atoms with Gasteiger partial charge >= 0.3 is 0 Å². The van der Waals surface area contributed by atoms with Crippen LogP contribution in [0.5, 0.6) is 0 Å². The fourth-order valence-electron chi connectivity index (χ4n) is 3.90. The van der Waals surface area contributed by atoms with Crippen LogP contribution >= 0.6 is 0 Å². The number of amides is 2. The van der Waals surface area contributed by atoms with E-state index in [1.165, 1.54) is 6.92 Å². The molecule has 6 heteroatoms. The van der Waals surface area contributed by atoms with Crippen LogP contribution in [0.15, 0.2) is 60.7 Å². The number of hydrogen-bond acceptors (Lipinski definition) is 3. The third-order valence-electron chi connectivity index (χ3n) is 5.15. The third kappa shape index (κ3) is 3.65. The van der Waals surface area contributed by atoms with Gasteiger partial charge in [0.15, 0.2) is 0 Å². The molecule has 4 aromatic rings. The van der Waals surface area contributed by atoms with E-state index in [1.54, 1.807) is 13.2 Å². The van der Waals surface area contributed by atoms with E-state index in [0.717, 1.165) is 38.6 Å². The fourth-order valence-corrected chi connectivity index (χ4v) is 3.90. The van der Waals surface area contributed by atoms with Crippen molar-refractivity contribution in [3.8, 4) is 0 Å². The second-order valence-corrected chi connectivity index (χ2v) is 7.31. The molecule has 0 saturated heterocycles. The van der Waals surface area contributed by atoms with Gasteiger partial charge in [0.05, 0.1) is 12.1 Å². The number of ether oxygens (including phenoxy) is 1. The van der Waals surface area contributed by atoms with Crippen LogP contribution in [0.2, 0.25) is 0 Å². The number of primary amides is 1. The molecule has 0 fully saturated rings. The van der Waals surface area contributed by atoms with Gasteiger partial charge in [-0.25, -0.2) is 0 Å². The van der Waals surface area contributed by atoms with E-state index in [0.29, 0.717) is 18.7 Å². The molecule has 3 aromatic carbocycles. The normalized spacial score (nSPS) is 11.1. The van der Waals surface area contributed by atoms with Crippen molar-refractivity contribution in [2.75, 3.05) is 12.4 Å². The van der Waals surface area contributed by atoms with E-state index in [-0.39, 0.29) is 5.91 Å². The summed E-state index contributed by atoms with van der Waals surface area (Å²) in [5.41, 5.74) is 11.0. The molecule has 0 saturated carbocycles. The lowest BCUT2D eigenvalue weighted by molar-refractivity contribution is -0.114. The molecular weight excluding hydrogens is 378 g/mol. The molecule has 30 heavy (non-hydrogen) atoms. The highest BCUT2D eigenvalue weighted by Gasteiger charge is 2.17. The lowest BCUT2D eigenvalue weighted by Gasteiger charge is -2.10. The molecule has 0 atom stereocenters. The minimum atomic E-state index is -0.444. The first-order valence-electron chi connectivity index (χ1n) is 9.67. The van der Waals surface area contributed by atoms with E-state index in [1.807, 2.05) is 48.5 Å². The van der Waals surface area contributed by atoms with Crippen molar-refractivity contribution in [3.05, 3.63) is 77.4 Å². The number of benzene rings is 3. The number of carbonyl (C=O) groups is 2. The molecule has 0 aliphatic heterocycles. The van der Waals surface area contributed by atoms with Crippen LogP contribution < -0.4 is 11.1 Å². The quantitative estimate of drug-likeness (QED) is 0.511. The highest BCUT2D eigenvalue weighted by atomic mass is 16.5. The van der Waals surface area contributed by atoms with Crippen LogP contribution in [-0.2, 0) is 22.7 Å². The smallest absolute Gasteiger partial charge is 0.249 e. The molecular formula is C24H23N3O3. The average Bonchev–Trinajstić information content (AvgIpc) is 3.02. The topological polar surface area (TPSA) is 86.3 Å². The predicted octanol–water partition coefficient (Wildman–Crippen LogP) is 4.05. The van der Waals surface area contributed by atoms with Gasteiger partial charge in [-0.05, 0) is 41.5 Å². The Balaban J connectivity index is 1.88. The number of nitrogens with zero attached hydrogens (tertiary/aromatic N) is 1. The maximum atomic E-state index is 12.1. The summed E-state index contributed by atoms with van der Waals surface area (Å²) in [6.45, 7) is 2.60. The molecule has 4 rings (SSSR count). The summed E-state index contributed by atoms with van der Waals surface area (Å²) in [6.07, 6.45) is 0. The van der Waals surface area contributed by atoms with Gasteiger partial charge < -0.3 is 20.4 Å². The summed E-state index contributed by atoms with van der Waals surface area (Å²) in [7, 11) is 1.67. The van der Waals surface area contributed by atoms with E-state index in [9.17, 15) is 9.59 Å². The first-order valence-corrected chi connectivity index (χ1v) is 9.67. The molecule has 0 radical (unpaired) electrons. The molecule has 0 aliphatic carbocycles. The minimum absolute atomic E-state index is 0.102.